The third kappa shape index (κ3) is 8.09. The minimum absolute atomic E-state index is 0.153. The predicted molar refractivity (Wildman–Crippen MR) is 119 cm³/mol. The van der Waals surface area contributed by atoms with Gasteiger partial charge < -0.3 is 10.2 Å². The number of aromatic nitrogens is 3. The molecule has 11 heteroatoms. The molecule has 0 spiro atoms. The van der Waals surface area contributed by atoms with Crippen LogP contribution in [-0.2, 0) is 29.3 Å². The maximum Gasteiger partial charge on any atom is 0.435 e. The molecule has 0 atom stereocenters. The molecule has 2 aromatic heterocycles. The second-order valence-electron chi connectivity index (χ2n) is 8.14. The van der Waals surface area contributed by atoms with Crippen LogP contribution in [0.2, 0.25) is 5.02 Å². The van der Waals surface area contributed by atoms with Crippen LogP contribution in [0.4, 0.5) is 13.2 Å². The standard InChI is InChI=1S/C22H25ClF3N5O2/c1-6-33-30-17(19-16(23)9-14(11-28-19)7-8-21(2,3)4)12-27-18(32)10-15-13-31(5)29-20(15)22(24,25)26/h9,11,13H,6,10,12H2,1-5H3,(H,27,32)/b30-17+. The van der Waals surface area contributed by atoms with Gasteiger partial charge in [-0.25, -0.2) is 0 Å². The lowest BCUT2D eigenvalue weighted by molar-refractivity contribution is -0.142. The van der Waals surface area contributed by atoms with Crippen LogP contribution in [0.5, 0.6) is 0 Å². The molecule has 2 rings (SSSR count). The Kier molecular flexibility index (Phi) is 8.50. The maximum absolute atomic E-state index is 13.1. The lowest BCUT2D eigenvalue weighted by Gasteiger charge is -2.10. The molecule has 0 aliphatic carbocycles. The highest BCUT2D eigenvalue weighted by Gasteiger charge is 2.37. The number of oxime groups is 1. The van der Waals surface area contributed by atoms with E-state index in [1.807, 2.05) is 20.8 Å². The van der Waals surface area contributed by atoms with Crippen molar-refractivity contribution in [3.05, 3.63) is 46.0 Å². The van der Waals surface area contributed by atoms with Gasteiger partial charge in [-0.05, 0) is 33.8 Å². The SMILES string of the molecule is CCO/N=C(\CNC(=O)Cc1cn(C)nc1C(F)(F)F)c1ncc(C#CC(C)(C)C)cc1Cl. The van der Waals surface area contributed by atoms with Gasteiger partial charge in [-0.3, -0.25) is 14.5 Å². The Morgan fingerprint density at radius 3 is 2.61 bits per heavy atom. The van der Waals surface area contributed by atoms with E-state index < -0.39 is 24.2 Å². The normalized spacial score (nSPS) is 12.2. The number of aryl methyl sites for hydroxylation is 1. The van der Waals surface area contributed by atoms with Crippen molar-refractivity contribution in [1.82, 2.24) is 20.1 Å². The number of carbonyl (C=O) groups is 1. The summed E-state index contributed by atoms with van der Waals surface area (Å²) in [6, 6.07) is 1.62. The van der Waals surface area contributed by atoms with Crippen LogP contribution < -0.4 is 5.32 Å². The molecule has 33 heavy (non-hydrogen) atoms. The number of hydrogen-bond donors (Lipinski definition) is 1. The number of nitrogens with zero attached hydrogens (tertiary/aromatic N) is 4. The van der Waals surface area contributed by atoms with E-state index in [9.17, 15) is 18.0 Å². The second kappa shape index (κ2) is 10.7. The van der Waals surface area contributed by atoms with E-state index >= 15 is 0 Å². The van der Waals surface area contributed by atoms with Crippen LogP contribution in [-0.4, -0.2) is 39.5 Å². The zero-order valence-corrected chi connectivity index (χ0v) is 19.7. The minimum Gasteiger partial charge on any atom is -0.396 e. The molecule has 0 radical (unpaired) electrons. The van der Waals surface area contributed by atoms with Gasteiger partial charge in [0.05, 0.1) is 18.0 Å². The number of amides is 1. The number of hydrogen-bond acceptors (Lipinski definition) is 5. The quantitative estimate of drug-likeness (QED) is 0.367. The summed E-state index contributed by atoms with van der Waals surface area (Å²) in [5.74, 6) is 5.42. The number of rotatable bonds is 7. The van der Waals surface area contributed by atoms with Gasteiger partial charge in [0.15, 0.2) is 5.69 Å². The first-order valence-electron chi connectivity index (χ1n) is 10.0. The number of carbonyl (C=O) groups excluding carboxylic acids is 1. The Hall–Kier alpha value is -3.06. The van der Waals surface area contributed by atoms with E-state index in [2.05, 4.69) is 32.4 Å². The molecule has 2 heterocycles. The van der Waals surface area contributed by atoms with Gasteiger partial charge in [0.1, 0.15) is 18.0 Å². The van der Waals surface area contributed by atoms with Gasteiger partial charge in [-0.15, -0.1) is 0 Å². The maximum atomic E-state index is 13.1. The molecule has 0 aliphatic rings. The summed E-state index contributed by atoms with van der Waals surface area (Å²) < 4.78 is 40.3. The Bertz CT molecular complexity index is 1090. The summed E-state index contributed by atoms with van der Waals surface area (Å²) in [5.41, 5.74) is -0.438. The van der Waals surface area contributed by atoms with E-state index in [1.54, 1.807) is 13.0 Å². The smallest absolute Gasteiger partial charge is 0.396 e. The molecule has 178 valence electrons. The van der Waals surface area contributed by atoms with Crippen molar-refractivity contribution in [3.63, 3.8) is 0 Å². The zero-order chi connectivity index (χ0) is 24.8. The zero-order valence-electron chi connectivity index (χ0n) is 19.0. The molecule has 0 bridgehead atoms. The summed E-state index contributed by atoms with van der Waals surface area (Å²) >= 11 is 6.36. The van der Waals surface area contributed by atoms with Crippen molar-refractivity contribution in [2.45, 2.75) is 40.3 Å². The Labute approximate surface area is 195 Å². The lowest BCUT2D eigenvalue weighted by Crippen LogP contribution is -2.32. The third-order valence-electron chi connectivity index (χ3n) is 3.98. The van der Waals surface area contributed by atoms with Crippen molar-refractivity contribution >= 4 is 23.2 Å². The van der Waals surface area contributed by atoms with Gasteiger partial charge in [0.2, 0.25) is 5.91 Å². The fourth-order valence-corrected chi connectivity index (χ4v) is 2.88. The summed E-state index contributed by atoms with van der Waals surface area (Å²) in [5, 5.41) is 10.1. The summed E-state index contributed by atoms with van der Waals surface area (Å²) in [6.45, 7) is 7.75. The fourth-order valence-electron chi connectivity index (χ4n) is 2.60. The molecular formula is C22H25ClF3N5O2. The summed E-state index contributed by atoms with van der Waals surface area (Å²) in [7, 11) is 1.35. The molecule has 0 saturated heterocycles. The van der Waals surface area contributed by atoms with Crippen LogP contribution in [0, 0.1) is 17.3 Å². The predicted octanol–water partition coefficient (Wildman–Crippen LogP) is 3.98. The van der Waals surface area contributed by atoms with E-state index in [1.165, 1.54) is 13.2 Å². The average molecular weight is 484 g/mol. The average Bonchev–Trinajstić information content (AvgIpc) is 3.07. The molecule has 7 nitrogen and oxygen atoms in total. The molecule has 1 N–H and O–H groups in total. The minimum atomic E-state index is -4.66. The van der Waals surface area contributed by atoms with Gasteiger partial charge in [0, 0.05) is 36.0 Å². The Morgan fingerprint density at radius 1 is 1.33 bits per heavy atom. The first-order chi connectivity index (χ1) is 15.3. The van der Waals surface area contributed by atoms with E-state index in [0.717, 1.165) is 10.9 Å². The van der Waals surface area contributed by atoms with Gasteiger partial charge in [-0.2, -0.15) is 18.3 Å². The van der Waals surface area contributed by atoms with Crippen LogP contribution in [0.3, 0.4) is 0 Å². The van der Waals surface area contributed by atoms with Crippen LogP contribution in [0.25, 0.3) is 0 Å². The molecule has 0 aliphatic heterocycles. The van der Waals surface area contributed by atoms with Crippen molar-refractivity contribution in [1.29, 1.82) is 0 Å². The fraction of sp³-hybridized carbons (Fsp3) is 0.455. The highest BCUT2D eigenvalue weighted by atomic mass is 35.5. The van der Waals surface area contributed by atoms with Gasteiger partial charge in [-0.1, -0.05) is 28.6 Å². The Balaban J connectivity index is 2.18. The van der Waals surface area contributed by atoms with Crippen molar-refractivity contribution in [2.24, 2.45) is 17.6 Å². The lowest BCUT2D eigenvalue weighted by atomic mass is 9.97. The molecular weight excluding hydrogens is 459 g/mol. The van der Waals surface area contributed by atoms with E-state index in [-0.39, 0.29) is 40.6 Å². The molecule has 0 unspecified atom stereocenters. The topological polar surface area (TPSA) is 81.4 Å². The van der Waals surface area contributed by atoms with Crippen molar-refractivity contribution in [2.75, 3.05) is 13.2 Å². The third-order valence-corrected chi connectivity index (χ3v) is 4.27. The second-order valence-corrected chi connectivity index (χ2v) is 8.55. The number of nitrogens with one attached hydrogen (secondary N) is 1. The first-order valence-corrected chi connectivity index (χ1v) is 10.4. The molecule has 2 aromatic rings. The van der Waals surface area contributed by atoms with Crippen LogP contribution in [0.1, 0.15) is 50.2 Å². The van der Waals surface area contributed by atoms with E-state index in [0.29, 0.717) is 5.56 Å². The molecule has 0 fully saturated rings. The van der Waals surface area contributed by atoms with Crippen molar-refractivity contribution < 1.29 is 22.8 Å². The molecule has 1 amide bonds. The van der Waals surface area contributed by atoms with Gasteiger partial charge >= 0.3 is 6.18 Å². The highest BCUT2D eigenvalue weighted by molar-refractivity contribution is 6.34. The van der Waals surface area contributed by atoms with E-state index in [4.69, 9.17) is 16.4 Å². The van der Waals surface area contributed by atoms with Crippen LogP contribution in [0.15, 0.2) is 23.6 Å². The summed E-state index contributed by atoms with van der Waals surface area (Å²) in [6.07, 6.45) is -2.48. The van der Waals surface area contributed by atoms with Gasteiger partial charge in [0.25, 0.3) is 0 Å². The van der Waals surface area contributed by atoms with Crippen molar-refractivity contribution in [3.8, 4) is 11.8 Å². The largest absolute Gasteiger partial charge is 0.435 e. The first kappa shape index (κ1) is 26.2. The Morgan fingerprint density at radius 2 is 2.03 bits per heavy atom. The van der Waals surface area contributed by atoms with Crippen LogP contribution >= 0.6 is 11.6 Å². The number of alkyl halides is 3. The molecule has 0 saturated carbocycles. The number of pyridine rings is 1. The molecule has 0 aromatic carbocycles. The summed E-state index contributed by atoms with van der Waals surface area (Å²) in [4.78, 5) is 21.7. The monoisotopic (exact) mass is 483 g/mol. The highest BCUT2D eigenvalue weighted by Crippen LogP contribution is 2.30. The number of halogens is 4.